The molecule has 0 aliphatic carbocycles. The molecule has 0 aromatic heterocycles. The van der Waals surface area contributed by atoms with Crippen molar-refractivity contribution in [1.82, 2.24) is 4.90 Å². The molecule has 2 heteroatoms. The fraction of sp³-hybridized carbons (Fsp3) is 1.00. The number of aliphatic hydroxyl groups excluding tert-OH is 1. The topological polar surface area (TPSA) is 23.5 Å². The minimum Gasteiger partial charge on any atom is -0.392 e. The first-order valence-corrected chi connectivity index (χ1v) is 2.65. The number of nitrogens with zero attached hydrogens (tertiary/aromatic N) is 1. The molecule has 1 heterocycles. The molecule has 0 amide bonds. The van der Waals surface area contributed by atoms with Crippen LogP contribution in [0.2, 0.25) is 0 Å². The van der Waals surface area contributed by atoms with Gasteiger partial charge in [-0.1, -0.05) is 0 Å². The van der Waals surface area contributed by atoms with Crippen molar-refractivity contribution >= 4 is 0 Å². The fourth-order valence-corrected chi connectivity index (χ4v) is 0.912. The average molecular weight is 101 g/mol. The maximum absolute atomic E-state index is 8.86. The Kier molecular flexibility index (Phi) is 1.30. The molecule has 0 bridgehead atoms. The van der Waals surface area contributed by atoms with Gasteiger partial charge < -0.3 is 10.0 Å². The van der Waals surface area contributed by atoms with E-state index in [2.05, 4.69) is 4.90 Å². The van der Waals surface area contributed by atoms with Crippen molar-refractivity contribution in [2.24, 2.45) is 0 Å². The highest BCUT2D eigenvalue weighted by atomic mass is 16.3. The van der Waals surface area contributed by atoms with Crippen LogP contribution in [0.3, 0.4) is 0 Å². The molecule has 42 valence electrons. The van der Waals surface area contributed by atoms with Crippen molar-refractivity contribution in [3.05, 3.63) is 0 Å². The smallest absolute Gasteiger partial charge is 0.0679 e. The van der Waals surface area contributed by atoms with Gasteiger partial charge in [-0.2, -0.15) is 0 Å². The van der Waals surface area contributed by atoms with Gasteiger partial charge in [0.2, 0.25) is 0 Å². The van der Waals surface area contributed by atoms with E-state index >= 15 is 0 Å². The van der Waals surface area contributed by atoms with Crippen LogP contribution >= 0.6 is 0 Å². The molecule has 0 radical (unpaired) electrons. The summed E-state index contributed by atoms with van der Waals surface area (Å²) < 4.78 is 0. The van der Waals surface area contributed by atoms with E-state index in [1.807, 2.05) is 7.05 Å². The van der Waals surface area contributed by atoms with Gasteiger partial charge in [0.05, 0.1) is 6.10 Å². The van der Waals surface area contributed by atoms with Crippen LogP contribution in [-0.4, -0.2) is 36.2 Å². The predicted molar refractivity (Wildman–Crippen MR) is 28.1 cm³/mol. The van der Waals surface area contributed by atoms with E-state index < -0.39 is 0 Å². The second kappa shape index (κ2) is 1.80. The highest BCUT2D eigenvalue weighted by molar-refractivity contribution is 4.70. The van der Waals surface area contributed by atoms with E-state index in [-0.39, 0.29) is 6.10 Å². The van der Waals surface area contributed by atoms with E-state index in [1.165, 1.54) is 0 Å². The lowest BCUT2D eigenvalue weighted by molar-refractivity contribution is 0.183. The third-order valence-corrected chi connectivity index (χ3v) is 1.37. The van der Waals surface area contributed by atoms with Crippen molar-refractivity contribution in [2.45, 2.75) is 12.5 Å². The summed E-state index contributed by atoms with van der Waals surface area (Å²) in [5.74, 6) is 0. The summed E-state index contributed by atoms with van der Waals surface area (Å²) in [6, 6.07) is 0. The third-order valence-electron chi connectivity index (χ3n) is 1.37. The molecule has 0 saturated carbocycles. The molecular formula is C5H11NO. The van der Waals surface area contributed by atoms with Crippen LogP contribution in [0.1, 0.15) is 6.42 Å². The molecule has 2 nitrogen and oxygen atoms in total. The molecule has 1 aliphatic rings. The first-order valence-electron chi connectivity index (χ1n) is 2.65. The Morgan fingerprint density at radius 3 is 2.57 bits per heavy atom. The lowest BCUT2D eigenvalue weighted by atomic mass is 10.3. The van der Waals surface area contributed by atoms with Gasteiger partial charge in [-0.15, -0.1) is 0 Å². The normalized spacial score (nSPS) is 34.3. The minimum absolute atomic E-state index is 0.0509. The van der Waals surface area contributed by atoms with Gasteiger partial charge in [0, 0.05) is 13.1 Å². The van der Waals surface area contributed by atoms with Gasteiger partial charge in [-0.3, -0.25) is 0 Å². The van der Waals surface area contributed by atoms with Crippen LogP contribution < -0.4 is 0 Å². The summed E-state index contributed by atoms with van der Waals surface area (Å²) in [6.07, 6.45) is 0.904. The Labute approximate surface area is 43.7 Å². The molecule has 1 rings (SSSR count). The number of hydrogen-bond donors (Lipinski definition) is 1. The second-order valence-electron chi connectivity index (χ2n) is 2.20. The zero-order chi connectivity index (χ0) is 5.28. The summed E-state index contributed by atoms with van der Waals surface area (Å²) in [6.45, 7) is 1.92. The lowest BCUT2D eigenvalue weighted by Gasteiger charge is -2.02. The third kappa shape index (κ3) is 1.14. The number of hydrogen-bond acceptors (Lipinski definition) is 2. The summed E-state index contributed by atoms with van der Waals surface area (Å²) in [4.78, 5) is 2.13. The van der Waals surface area contributed by atoms with Gasteiger partial charge in [-0.05, 0) is 13.5 Å². The summed E-state index contributed by atoms with van der Waals surface area (Å²) in [5, 5.41) is 8.86. The Bertz CT molecular complexity index is 57.1. The lowest BCUT2D eigenvalue weighted by Crippen LogP contribution is -2.15. The first-order chi connectivity index (χ1) is 3.29. The van der Waals surface area contributed by atoms with Crippen molar-refractivity contribution in [3.63, 3.8) is 0 Å². The molecule has 0 aromatic rings. The van der Waals surface area contributed by atoms with E-state index in [4.69, 9.17) is 5.11 Å². The molecule has 1 saturated heterocycles. The standard InChI is InChI=1S/C5H11NO/c1-6-3-2-5(7)4-6/h5,7H,2-4H2,1H3/t5-/m0/s1. The predicted octanol–water partition coefficient (Wildman–Crippen LogP) is -0.317. The fourth-order valence-electron chi connectivity index (χ4n) is 0.912. The quantitative estimate of drug-likeness (QED) is 0.452. The molecule has 0 aromatic carbocycles. The maximum Gasteiger partial charge on any atom is 0.0679 e. The van der Waals surface area contributed by atoms with E-state index in [9.17, 15) is 0 Å². The molecule has 1 fully saturated rings. The van der Waals surface area contributed by atoms with Crippen LogP contribution in [0.15, 0.2) is 0 Å². The Morgan fingerprint density at radius 1 is 1.71 bits per heavy atom. The largest absolute Gasteiger partial charge is 0.392 e. The maximum atomic E-state index is 8.86. The van der Waals surface area contributed by atoms with Crippen molar-refractivity contribution < 1.29 is 5.11 Å². The van der Waals surface area contributed by atoms with Crippen molar-refractivity contribution in [3.8, 4) is 0 Å². The van der Waals surface area contributed by atoms with Crippen molar-refractivity contribution in [2.75, 3.05) is 20.1 Å². The average Bonchev–Trinajstić information content (AvgIpc) is 1.87. The highest BCUT2D eigenvalue weighted by Crippen LogP contribution is 2.03. The van der Waals surface area contributed by atoms with E-state index in [0.29, 0.717) is 0 Å². The molecule has 0 unspecified atom stereocenters. The van der Waals surface area contributed by atoms with Crippen LogP contribution in [-0.2, 0) is 0 Å². The van der Waals surface area contributed by atoms with Gasteiger partial charge >= 0.3 is 0 Å². The molecule has 0 spiro atoms. The van der Waals surface area contributed by atoms with Crippen LogP contribution in [0, 0.1) is 0 Å². The highest BCUT2D eigenvalue weighted by Gasteiger charge is 2.14. The Hall–Kier alpha value is -0.0800. The SMILES string of the molecule is CN1CC[C@H](O)C1. The summed E-state index contributed by atoms with van der Waals surface area (Å²) >= 11 is 0. The number of likely N-dealkylation sites (tertiary alicyclic amines) is 1. The minimum atomic E-state index is -0.0509. The second-order valence-corrected chi connectivity index (χ2v) is 2.20. The Morgan fingerprint density at radius 2 is 2.43 bits per heavy atom. The summed E-state index contributed by atoms with van der Waals surface area (Å²) in [5.41, 5.74) is 0. The Balaban J connectivity index is 2.26. The van der Waals surface area contributed by atoms with Gasteiger partial charge in [0.15, 0.2) is 0 Å². The van der Waals surface area contributed by atoms with Crippen molar-refractivity contribution in [1.29, 1.82) is 0 Å². The molecule has 1 N–H and O–H groups in total. The number of aliphatic hydroxyl groups is 1. The van der Waals surface area contributed by atoms with Crippen LogP contribution in [0.5, 0.6) is 0 Å². The summed E-state index contributed by atoms with van der Waals surface area (Å²) in [7, 11) is 2.02. The molecule has 1 aliphatic heterocycles. The van der Waals surface area contributed by atoms with Gasteiger partial charge in [0.25, 0.3) is 0 Å². The molecule has 7 heavy (non-hydrogen) atoms. The van der Waals surface area contributed by atoms with Gasteiger partial charge in [0.1, 0.15) is 0 Å². The zero-order valence-electron chi connectivity index (χ0n) is 4.59. The van der Waals surface area contributed by atoms with Gasteiger partial charge in [-0.25, -0.2) is 0 Å². The molecule has 1 atom stereocenters. The molecular weight excluding hydrogens is 90.1 g/mol. The van der Waals surface area contributed by atoms with Crippen LogP contribution in [0.4, 0.5) is 0 Å². The van der Waals surface area contributed by atoms with E-state index in [0.717, 1.165) is 19.5 Å². The number of β-amino-alcohol motifs (C(OH)–C–C–N with tert-alkyl or cyclic N) is 1. The number of likely N-dealkylation sites (N-methyl/N-ethyl adjacent to an activating group) is 1. The van der Waals surface area contributed by atoms with E-state index in [1.54, 1.807) is 0 Å². The monoisotopic (exact) mass is 101 g/mol. The first kappa shape index (κ1) is 5.06. The zero-order valence-corrected chi connectivity index (χ0v) is 4.59. The number of rotatable bonds is 0. The van der Waals surface area contributed by atoms with Crippen LogP contribution in [0.25, 0.3) is 0 Å².